The Labute approximate surface area is 55.6 Å². The molecule has 2 unspecified atom stereocenters. The van der Waals surface area contributed by atoms with E-state index >= 15 is 0 Å². The van der Waals surface area contributed by atoms with Gasteiger partial charge >= 0.3 is 0 Å². The lowest BCUT2D eigenvalue weighted by atomic mass is 9.93. The Bertz CT molecular complexity index is 93.1. The molecular weight excluding hydrogens is 114 g/mol. The smallest absolute Gasteiger partial charge is 0.0638 e. The maximum Gasteiger partial charge on any atom is 0.0638 e. The van der Waals surface area contributed by atoms with E-state index in [-0.39, 0.29) is 0 Å². The summed E-state index contributed by atoms with van der Waals surface area (Å²) in [6.45, 7) is 3.37. The maximum atomic E-state index is 5.37. The standard InChI is InChI=1S/C7H13NO/c1-3-8-4-2-7-6(1)5-9-7/h6-8H,1-5H2. The average Bonchev–Trinajstić information content (AvgIpc) is 1.94. The van der Waals surface area contributed by atoms with Crippen LogP contribution in [0.5, 0.6) is 0 Å². The normalized spacial score (nSPS) is 42.7. The zero-order valence-corrected chi connectivity index (χ0v) is 5.60. The molecule has 2 fully saturated rings. The summed E-state index contributed by atoms with van der Waals surface area (Å²) in [5.41, 5.74) is 0. The molecule has 2 aliphatic heterocycles. The van der Waals surface area contributed by atoms with Gasteiger partial charge in [-0.15, -0.1) is 0 Å². The summed E-state index contributed by atoms with van der Waals surface area (Å²) in [6, 6.07) is 0. The number of hydrogen-bond donors (Lipinski definition) is 1. The first-order valence-corrected chi connectivity index (χ1v) is 3.79. The van der Waals surface area contributed by atoms with Crippen LogP contribution in [0.3, 0.4) is 0 Å². The highest BCUT2D eigenvalue weighted by molar-refractivity contribution is 4.82. The lowest BCUT2D eigenvalue weighted by Gasteiger charge is -2.34. The highest BCUT2D eigenvalue weighted by atomic mass is 16.5. The summed E-state index contributed by atoms with van der Waals surface area (Å²) in [6.07, 6.45) is 3.16. The van der Waals surface area contributed by atoms with Gasteiger partial charge in [0.25, 0.3) is 0 Å². The molecule has 0 aromatic heterocycles. The van der Waals surface area contributed by atoms with Gasteiger partial charge in [-0.25, -0.2) is 0 Å². The van der Waals surface area contributed by atoms with Crippen molar-refractivity contribution in [3.05, 3.63) is 0 Å². The highest BCUT2D eigenvalue weighted by Gasteiger charge is 2.32. The van der Waals surface area contributed by atoms with Crippen molar-refractivity contribution >= 4 is 0 Å². The van der Waals surface area contributed by atoms with E-state index < -0.39 is 0 Å². The second-order valence-corrected chi connectivity index (χ2v) is 2.96. The fraction of sp³-hybridized carbons (Fsp3) is 1.00. The first-order chi connectivity index (χ1) is 4.47. The average molecular weight is 127 g/mol. The molecule has 52 valence electrons. The van der Waals surface area contributed by atoms with Crippen molar-refractivity contribution < 1.29 is 4.74 Å². The van der Waals surface area contributed by atoms with Gasteiger partial charge in [-0.1, -0.05) is 0 Å². The van der Waals surface area contributed by atoms with Crippen molar-refractivity contribution in [1.82, 2.24) is 5.32 Å². The number of nitrogens with one attached hydrogen (secondary N) is 1. The molecular formula is C7H13NO. The summed E-state index contributed by atoms with van der Waals surface area (Å²) >= 11 is 0. The van der Waals surface area contributed by atoms with Crippen molar-refractivity contribution in [3.63, 3.8) is 0 Å². The van der Waals surface area contributed by atoms with Gasteiger partial charge in [0.15, 0.2) is 0 Å². The van der Waals surface area contributed by atoms with Crippen molar-refractivity contribution in [2.75, 3.05) is 19.7 Å². The molecule has 2 saturated heterocycles. The predicted octanol–water partition coefficient (Wildman–Crippen LogP) is 0.385. The van der Waals surface area contributed by atoms with Crippen LogP contribution in [0, 0.1) is 5.92 Å². The Balaban J connectivity index is 1.90. The largest absolute Gasteiger partial charge is 0.377 e. The van der Waals surface area contributed by atoms with Crippen LogP contribution >= 0.6 is 0 Å². The van der Waals surface area contributed by atoms with Crippen LogP contribution in [0.1, 0.15) is 12.8 Å². The van der Waals surface area contributed by atoms with Crippen molar-refractivity contribution in [2.45, 2.75) is 18.9 Å². The molecule has 2 atom stereocenters. The van der Waals surface area contributed by atoms with Crippen LogP contribution in [0.25, 0.3) is 0 Å². The van der Waals surface area contributed by atoms with Gasteiger partial charge in [0.2, 0.25) is 0 Å². The van der Waals surface area contributed by atoms with Crippen LogP contribution in [-0.2, 0) is 4.74 Å². The zero-order chi connectivity index (χ0) is 6.10. The molecule has 0 bridgehead atoms. The van der Waals surface area contributed by atoms with Crippen LogP contribution < -0.4 is 5.32 Å². The Morgan fingerprint density at radius 3 is 2.89 bits per heavy atom. The quantitative estimate of drug-likeness (QED) is 0.508. The van der Waals surface area contributed by atoms with Crippen molar-refractivity contribution in [3.8, 4) is 0 Å². The first kappa shape index (κ1) is 5.69. The molecule has 1 N–H and O–H groups in total. The van der Waals surface area contributed by atoms with E-state index in [4.69, 9.17) is 4.74 Å². The van der Waals surface area contributed by atoms with Gasteiger partial charge in [0.05, 0.1) is 12.7 Å². The number of ether oxygens (including phenoxy) is 1. The van der Waals surface area contributed by atoms with Gasteiger partial charge in [-0.3, -0.25) is 0 Å². The first-order valence-electron chi connectivity index (χ1n) is 3.79. The van der Waals surface area contributed by atoms with E-state index in [1.165, 1.54) is 19.4 Å². The van der Waals surface area contributed by atoms with Crippen LogP contribution in [0.15, 0.2) is 0 Å². The number of hydrogen-bond acceptors (Lipinski definition) is 2. The van der Waals surface area contributed by atoms with E-state index in [1.807, 2.05) is 0 Å². The van der Waals surface area contributed by atoms with E-state index in [0.717, 1.165) is 19.1 Å². The Morgan fingerprint density at radius 2 is 2.11 bits per heavy atom. The third-order valence-electron chi connectivity index (χ3n) is 2.35. The Morgan fingerprint density at radius 1 is 1.22 bits per heavy atom. The Kier molecular flexibility index (Phi) is 1.44. The molecule has 0 radical (unpaired) electrons. The van der Waals surface area contributed by atoms with Crippen LogP contribution in [-0.4, -0.2) is 25.8 Å². The molecule has 0 aromatic rings. The third kappa shape index (κ3) is 0.970. The van der Waals surface area contributed by atoms with Gasteiger partial charge in [0, 0.05) is 5.92 Å². The summed E-state index contributed by atoms with van der Waals surface area (Å²) in [4.78, 5) is 0. The summed E-state index contributed by atoms with van der Waals surface area (Å²) in [5.74, 6) is 0.889. The Hall–Kier alpha value is -0.0800. The third-order valence-corrected chi connectivity index (χ3v) is 2.35. The summed E-state index contributed by atoms with van der Waals surface area (Å²) < 4.78 is 5.37. The fourth-order valence-corrected chi connectivity index (χ4v) is 1.61. The molecule has 2 heteroatoms. The minimum atomic E-state index is 0.611. The summed E-state index contributed by atoms with van der Waals surface area (Å²) in [5, 5.41) is 3.37. The molecule has 0 saturated carbocycles. The SMILES string of the molecule is C1CC2COC2CCN1. The van der Waals surface area contributed by atoms with E-state index in [0.29, 0.717) is 6.10 Å². The van der Waals surface area contributed by atoms with Gasteiger partial charge in [-0.05, 0) is 25.9 Å². The fourth-order valence-electron chi connectivity index (χ4n) is 1.61. The molecule has 2 nitrogen and oxygen atoms in total. The van der Waals surface area contributed by atoms with E-state index in [9.17, 15) is 0 Å². The van der Waals surface area contributed by atoms with Gasteiger partial charge < -0.3 is 10.1 Å². The minimum Gasteiger partial charge on any atom is -0.377 e. The predicted molar refractivity (Wildman–Crippen MR) is 35.3 cm³/mol. The molecule has 2 heterocycles. The molecule has 9 heavy (non-hydrogen) atoms. The second kappa shape index (κ2) is 2.27. The highest BCUT2D eigenvalue weighted by Crippen LogP contribution is 2.26. The van der Waals surface area contributed by atoms with Crippen LogP contribution in [0.2, 0.25) is 0 Å². The second-order valence-electron chi connectivity index (χ2n) is 2.96. The van der Waals surface area contributed by atoms with Crippen molar-refractivity contribution in [1.29, 1.82) is 0 Å². The molecule has 0 aromatic carbocycles. The molecule has 2 aliphatic rings. The minimum absolute atomic E-state index is 0.611. The van der Waals surface area contributed by atoms with Crippen LogP contribution in [0.4, 0.5) is 0 Å². The van der Waals surface area contributed by atoms with Gasteiger partial charge in [-0.2, -0.15) is 0 Å². The van der Waals surface area contributed by atoms with Gasteiger partial charge in [0.1, 0.15) is 0 Å². The lowest BCUT2D eigenvalue weighted by molar-refractivity contribution is -0.114. The lowest BCUT2D eigenvalue weighted by Crippen LogP contribution is -2.39. The van der Waals surface area contributed by atoms with E-state index in [1.54, 1.807) is 0 Å². The number of rotatable bonds is 0. The maximum absolute atomic E-state index is 5.37. The molecule has 0 amide bonds. The van der Waals surface area contributed by atoms with E-state index in [2.05, 4.69) is 5.32 Å². The monoisotopic (exact) mass is 127 g/mol. The topological polar surface area (TPSA) is 21.3 Å². The molecule has 0 spiro atoms. The van der Waals surface area contributed by atoms with Crippen molar-refractivity contribution in [2.24, 2.45) is 5.92 Å². The number of fused-ring (bicyclic) bond motifs is 1. The zero-order valence-electron chi connectivity index (χ0n) is 5.60. The summed E-state index contributed by atoms with van der Waals surface area (Å²) in [7, 11) is 0. The molecule has 2 rings (SSSR count). The molecule has 0 aliphatic carbocycles.